The first-order valence-corrected chi connectivity index (χ1v) is 12.6. The van der Waals surface area contributed by atoms with Crippen LogP contribution in [-0.2, 0) is 13.7 Å². The monoisotopic (exact) mass is 510 g/mol. The number of ether oxygens (including phenoxy) is 1. The van der Waals surface area contributed by atoms with Gasteiger partial charge in [-0.15, -0.1) is 0 Å². The summed E-state index contributed by atoms with van der Waals surface area (Å²) in [5, 5.41) is 0.374. The highest BCUT2D eigenvalue weighted by Crippen LogP contribution is 2.70. The van der Waals surface area contributed by atoms with E-state index in [9.17, 15) is 26.4 Å². The molecule has 0 radical (unpaired) electrons. The quantitative estimate of drug-likeness (QED) is 0.239. The van der Waals surface area contributed by atoms with Crippen LogP contribution >= 0.6 is 10.3 Å². The number of fused-ring (bicyclic) bond motifs is 1. The van der Waals surface area contributed by atoms with Crippen LogP contribution < -0.4 is 10.4 Å². The lowest BCUT2D eigenvalue weighted by Gasteiger charge is -2.39. The summed E-state index contributed by atoms with van der Waals surface area (Å²) in [7, 11) is -8.21. The molecular formula is C23H17F3O6S2. The lowest BCUT2D eigenvalue weighted by Crippen LogP contribution is -2.27. The summed E-state index contributed by atoms with van der Waals surface area (Å²) in [6.07, 6.45) is 0. The standard InChI is InChI=1S/C23H17F3O6S2/c1-30-20-15-22(27)31-21-14-18(12-13-19(20)21)33(16-8-4-2-5-9-16,17-10-6-3-7-11-17)32-34(28,29)23(24,25)26/h2-15H,1H3. The third-order valence-corrected chi connectivity index (χ3v) is 9.75. The van der Waals surface area contributed by atoms with Crippen LogP contribution in [0.3, 0.4) is 0 Å². The molecule has 0 aliphatic heterocycles. The Morgan fingerprint density at radius 2 is 1.35 bits per heavy atom. The second-order valence-corrected chi connectivity index (χ2v) is 11.4. The fraction of sp³-hybridized carbons (Fsp3) is 0.0870. The number of hydrogen-bond acceptors (Lipinski definition) is 6. The topological polar surface area (TPSA) is 82.8 Å². The predicted octanol–water partition coefficient (Wildman–Crippen LogP) is 5.86. The van der Waals surface area contributed by atoms with E-state index in [1.54, 1.807) is 36.4 Å². The Balaban J connectivity index is 2.12. The molecule has 3 aromatic carbocycles. The van der Waals surface area contributed by atoms with Gasteiger partial charge >= 0.3 is 21.3 Å². The zero-order valence-electron chi connectivity index (χ0n) is 17.5. The first-order chi connectivity index (χ1) is 16.1. The molecule has 0 saturated carbocycles. The van der Waals surface area contributed by atoms with Crippen molar-refractivity contribution >= 4 is 31.4 Å². The summed E-state index contributed by atoms with van der Waals surface area (Å²) in [6, 6.07) is 20.8. The molecule has 0 N–H and O–H groups in total. The van der Waals surface area contributed by atoms with Gasteiger partial charge in [-0.2, -0.15) is 25.2 Å². The minimum atomic E-state index is -6.05. The fourth-order valence-electron chi connectivity index (χ4n) is 3.38. The molecule has 0 amide bonds. The van der Waals surface area contributed by atoms with Crippen LogP contribution in [0.2, 0.25) is 0 Å². The van der Waals surface area contributed by atoms with E-state index in [-0.39, 0.29) is 26.0 Å². The fourth-order valence-corrected chi connectivity index (χ4v) is 8.14. The van der Waals surface area contributed by atoms with Gasteiger partial charge in [-0.25, -0.2) is 4.79 Å². The van der Waals surface area contributed by atoms with Crippen LogP contribution in [0.25, 0.3) is 11.0 Å². The molecule has 4 aromatic rings. The van der Waals surface area contributed by atoms with E-state index in [4.69, 9.17) is 12.8 Å². The molecule has 0 saturated heterocycles. The molecule has 0 atom stereocenters. The van der Waals surface area contributed by atoms with Crippen molar-refractivity contribution in [3.8, 4) is 5.75 Å². The van der Waals surface area contributed by atoms with Crippen LogP contribution in [-0.4, -0.2) is 21.0 Å². The van der Waals surface area contributed by atoms with Crippen molar-refractivity contribution in [3.05, 3.63) is 95.3 Å². The summed E-state index contributed by atoms with van der Waals surface area (Å²) >= 11 is 0. The van der Waals surface area contributed by atoms with Gasteiger partial charge in [-0.3, -0.25) is 0 Å². The molecule has 178 valence electrons. The Kier molecular flexibility index (Phi) is 6.19. The minimum absolute atomic E-state index is 0.00130. The summed E-state index contributed by atoms with van der Waals surface area (Å²) in [5.74, 6) is 0.196. The molecule has 0 fully saturated rings. The molecule has 1 heterocycles. The highest BCUT2D eigenvalue weighted by Gasteiger charge is 2.52. The predicted molar refractivity (Wildman–Crippen MR) is 120 cm³/mol. The van der Waals surface area contributed by atoms with Crippen LogP contribution in [0.4, 0.5) is 13.2 Å². The average molecular weight is 511 g/mol. The smallest absolute Gasteiger partial charge is 0.496 e. The van der Waals surface area contributed by atoms with Crippen molar-refractivity contribution in [2.45, 2.75) is 20.2 Å². The van der Waals surface area contributed by atoms with E-state index < -0.39 is 31.6 Å². The molecule has 6 nitrogen and oxygen atoms in total. The Labute approximate surface area is 194 Å². The number of halogens is 3. The maximum Gasteiger partial charge on any atom is 0.524 e. The van der Waals surface area contributed by atoms with Gasteiger partial charge in [0, 0.05) is 14.7 Å². The molecule has 0 bridgehead atoms. The number of hydrogen-bond donors (Lipinski definition) is 0. The Morgan fingerprint density at radius 1 is 0.794 bits per heavy atom. The Morgan fingerprint density at radius 3 is 1.85 bits per heavy atom. The second kappa shape index (κ2) is 8.82. The highest BCUT2D eigenvalue weighted by molar-refractivity contribution is 8.33. The van der Waals surface area contributed by atoms with E-state index in [0.717, 1.165) is 6.07 Å². The van der Waals surface area contributed by atoms with Gasteiger partial charge in [-0.05, 0) is 52.8 Å². The Bertz CT molecular complexity index is 1440. The maximum absolute atomic E-state index is 13.5. The van der Waals surface area contributed by atoms with E-state index in [1.807, 2.05) is 0 Å². The molecule has 11 heteroatoms. The van der Waals surface area contributed by atoms with Crippen LogP contribution in [0.5, 0.6) is 5.75 Å². The molecule has 34 heavy (non-hydrogen) atoms. The normalized spacial score (nSPS) is 13.1. The van der Waals surface area contributed by atoms with Gasteiger partial charge < -0.3 is 9.15 Å². The number of methoxy groups -OCH3 is 1. The van der Waals surface area contributed by atoms with Crippen LogP contribution in [0.15, 0.2) is 109 Å². The van der Waals surface area contributed by atoms with Gasteiger partial charge in [0.25, 0.3) is 0 Å². The zero-order chi connectivity index (χ0) is 24.6. The molecule has 4 rings (SSSR count). The molecular weight excluding hydrogens is 493 g/mol. The lowest BCUT2D eigenvalue weighted by atomic mass is 10.2. The van der Waals surface area contributed by atoms with Crippen molar-refractivity contribution in [3.63, 3.8) is 0 Å². The summed E-state index contributed by atoms with van der Waals surface area (Å²) in [4.78, 5) is 12.5. The largest absolute Gasteiger partial charge is 0.524 e. The van der Waals surface area contributed by atoms with E-state index in [2.05, 4.69) is 0 Å². The van der Waals surface area contributed by atoms with Crippen LogP contribution in [0.1, 0.15) is 0 Å². The van der Waals surface area contributed by atoms with Crippen molar-refractivity contribution in [1.29, 1.82) is 0 Å². The van der Waals surface area contributed by atoms with Gasteiger partial charge in [0.1, 0.15) is 11.3 Å². The number of benzene rings is 3. The molecule has 0 spiro atoms. The van der Waals surface area contributed by atoms with Crippen molar-refractivity contribution in [1.82, 2.24) is 0 Å². The van der Waals surface area contributed by atoms with E-state index in [0.29, 0.717) is 5.39 Å². The zero-order valence-corrected chi connectivity index (χ0v) is 19.1. The third-order valence-electron chi connectivity index (χ3n) is 4.86. The van der Waals surface area contributed by atoms with Crippen molar-refractivity contribution < 1.29 is 34.4 Å². The highest BCUT2D eigenvalue weighted by atomic mass is 32.3. The van der Waals surface area contributed by atoms with Gasteiger partial charge in [0.2, 0.25) is 0 Å². The van der Waals surface area contributed by atoms with Crippen LogP contribution in [0, 0.1) is 0 Å². The van der Waals surface area contributed by atoms with Gasteiger partial charge in [0.05, 0.1) is 18.6 Å². The van der Waals surface area contributed by atoms with E-state index in [1.165, 1.54) is 49.6 Å². The minimum Gasteiger partial charge on any atom is -0.496 e. The second-order valence-electron chi connectivity index (χ2n) is 6.94. The average Bonchev–Trinajstić information content (AvgIpc) is 2.82. The first kappa shape index (κ1) is 23.9. The van der Waals surface area contributed by atoms with Crippen molar-refractivity contribution in [2.24, 2.45) is 0 Å². The number of rotatable bonds is 6. The van der Waals surface area contributed by atoms with E-state index >= 15 is 0 Å². The maximum atomic E-state index is 13.5. The molecule has 0 aliphatic rings. The third kappa shape index (κ3) is 4.17. The first-order valence-electron chi connectivity index (χ1n) is 9.66. The summed E-state index contributed by atoms with van der Waals surface area (Å²) in [6.45, 7) is 0. The number of alkyl halides is 3. The SMILES string of the molecule is COc1cc(=O)oc2cc(S(OS(=O)(=O)C(F)(F)F)(c3ccccc3)c3ccccc3)ccc12. The lowest BCUT2D eigenvalue weighted by molar-refractivity contribution is -0.0496. The molecule has 0 aliphatic carbocycles. The van der Waals surface area contributed by atoms with Gasteiger partial charge in [0.15, 0.2) is 0 Å². The molecule has 1 aromatic heterocycles. The molecule has 0 unspecified atom stereocenters. The summed E-state index contributed by atoms with van der Waals surface area (Å²) in [5.41, 5.74) is -6.41. The van der Waals surface area contributed by atoms with Crippen molar-refractivity contribution in [2.75, 3.05) is 7.11 Å². The summed E-state index contributed by atoms with van der Waals surface area (Å²) < 4.78 is 81.0. The van der Waals surface area contributed by atoms with Gasteiger partial charge in [-0.1, -0.05) is 36.4 Å². The Hall–Kier alpha value is -3.28.